The fraction of sp³-hybridized carbons (Fsp3) is 0.753. The van der Waals surface area contributed by atoms with E-state index in [4.69, 9.17) is 11.6 Å². The highest BCUT2D eigenvalue weighted by Crippen LogP contribution is 2.39. The molecular formula is C73H110ClF3N12O12. The van der Waals surface area contributed by atoms with Crippen LogP contribution in [0.25, 0.3) is 0 Å². The van der Waals surface area contributed by atoms with Crippen LogP contribution in [0.5, 0.6) is 0 Å². The number of hydrogen-bond donors (Lipinski definition) is 3. The molecule has 7 fully saturated rings. The van der Waals surface area contributed by atoms with Crippen LogP contribution in [0.2, 0.25) is 5.02 Å². The van der Waals surface area contributed by atoms with E-state index >= 15 is 38.4 Å². The Morgan fingerprint density at radius 2 is 1.26 bits per heavy atom. The van der Waals surface area contributed by atoms with Crippen LogP contribution >= 0.6 is 11.6 Å². The first kappa shape index (κ1) is 79.6. The van der Waals surface area contributed by atoms with Crippen LogP contribution in [0.1, 0.15) is 193 Å². The van der Waals surface area contributed by atoms with Gasteiger partial charge in [-0.1, -0.05) is 110 Å². The fourth-order valence-electron chi connectivity index (χ4n) is 16.2. The van der Waals surface area contributed by atoms with Crippen LogP contribution in [-0.2, 0) is 70.1 Å². The smallest absolute Gasteiger partial charge is 0.343 e. The number of carbonyl (C=O) groups excluding carboxylic acids is 12. The molecule has 4 saturated heterocycles. The molecule has 28 heteroatoms. The summed E-state index contributed by atoms with van der Waals surface area (Å²) in [6.07, 6.45) is 6.07. The van der Waals surface area contributed by atoms with Crippen molar-refractivity contribution in [3.8, 4) is 0 Å². The topological polar surface area (TPSA) is 270 Å². The predicted molar refractivity (Wildman–Crippen MR) is 371 cm³/mol. The lowest BCUT2D eigenvalue weighted by molar-refractivity contribution is -0.160. The number of carbonyl (C=O) groups is 12. The van der Waals surface area contributed by atoms with Gasteiger partial charge in [0.25, 0.3) is 0 Å². The number of likely N-dealkylation sites (tertiary alicyclic amines) is 1. The fourth-order valence-corrected chi connectivity index (χ4v) is 16.5. The van der Waals surface area contributed by atoms with Crippen LogP contribution in [0.4, 0.5) is 13.2 Å². The molecule has 1 spiro atoms. The van der Waals surface area contributed by atoms with Crippen LogP contribution < -0.4 is 16.0 Å². The number of likely N-dealkylation sites (N-methyl/N-ethyl adjacent to an activating group) is 6. The van der Waals surface area contributed by atoms with Gasteiger partial charge in [-0.15, -0.1) is 0 Å². The molecule has 8 rings (SSSR count). The van der Waals surface area contributed by atoms with Crippen LogP contribution in [0, 0.1) is 23.7 Å². The summed E-state index contributed by atoms with van der Waals surface area (Å²) in [5.41, 5.74) is -2.34. The maximum Gasteiger partial charge on any atom is 0.417 e. The van der Waals surface area contributed by atoms with Crippen molar-refractivity contribution in [2.45, 2.75) is 255 Å². The zero-order valence-corrected chi connectivity index (χ0v) is 61.9. The van der Waals surface area contributed by atoms with Crippen molar-refractivity contribution in [3.63, 3.8) is 0 Å². The number of aryl methyl sites for hydroxylation is 1. The summed E-state index contributed by atoms with van der Waals surface area (Å²) < 4.78 is 41.7. The summed E-state index contributed by atoms with van der Waals surface area (Å²) in [7, 11) is 8.73. The van der Waals surface area contributed by atoms with Crippen molar-refractivity contribution < 1.29 is 70.7 Å². The molecule has 4 heterocycles. The minimum absolute atomic E-state index is 0.0257. The third-order valence-corrected chi connectivity index (χ3v) is 23.8. The van der Waals surface area contributed by atoms with E-state index in [1.807, 2.05) is 13.8 Å². The van der Waals surface area contributed by atoms with E-state index in [0.29, 0.717) is 76.4 Å². The van der Waals surface area contributed by atoms with E-state index in [9.17, 15) is 32.3 Å². The molecule has 101 heavy (non-hydrogen) atoms. The van der Waals surface area contributed by atoms with Gasteiger partial charge in [0, 0.05) is 68.5 Å². The number of hydrogen-bond acceptors (Lipinski definition) is 12. The maximum atomic E-state index is 15.6. The van der Waals surface area contributed by atoms with Crippen molar-refractivity contribution in [2.75, 3.05) is 75.0 Å². The first-order valence-corrected chi connectivity index (χ1v) is 37.4. The molecule has 0 radical (unpaired) electrons. The van der Waals surface area contributed by atoms with Crippen molar-refractivity contribution in [1.82, 2.24) is 60.0 Å². The average molecular weight is 1440 g/mol. The lowest BCUT2D eigenvalue weighted by Gasteiger charge is -2.45. The first-order chi connectivity index (χ1) is 47.8. The summed E-state index contributed by atoms with van der Waals surface area (Å²) in [5.74, 6) is -8.76. The second kappa shape index (κ2) is 34.5. The van der Waals surface area contributed by atoms with Gasteiger partial charge in [0.2, 0.25) is 70.9 Å². The average Bonchev–Trinajstić information content (AvgIpc) is 1.77. The van der Waals surface area contributed by atoms with Gasteiger partial charge in [-0.3, -0.25) is 57.5 Å². The lowest BCUT2D eigenvalue weighted by atomic mass is 9.78. The second-order valence-corrected chi connectivity index (χ2v) is 30.5. The molecule has 0 bridgehead atoms. The monoisotopic (exact) mass is 1440 g/mol. The van der Waals surface area contributed by atoms with Gasteiger partial charge in [0.15, 0.2) is 0 Å². The molecule has 12 amide bonds. The molecule has 562 valence electrons. The largest absolute Gasteiger partial charge is 0.417 e. The summed E-state index contributed by atoms with van der Waals surface area (Å²) in [6.45, 7) is 9.15. The third kappa shape index (κ3) is 18.1. The highest BCUT2D eigenvalue weighted by Gasteiger charge is 2.52. The van der Waals surface area contributed by atoms with Gasteiger partial charge >= 0.3 is 6.18 Å². The van der Waals surface area contributed by atoms with Gasteiger partial charge in [0.05, 0.1) is 23.6 Å². The number of piperidine rings is 1. The van der Waals surface area contributed by atoms with Gasteiger partial charge in [-0.25, -0.2) is 0 Å². The van der Waals surface area contributed by atoms with E-state index in [2.05, 4.69) is 16.0 Å². The molecule has 7 aliphatic rings. The second-order valence-electron chi connectivity index (χ2n) is 30.1. The molecule has 4 aliphatic heterocycles. The molecule has 3 saturated carbocycles. The van der Waals surface area contributed by atoms with Crippen LogP contribution in [-0.4, -0.2) is 250 Å². The molecule has 1 aromatic carbocycles. The zero-order valence-electron chi connectivity index (χ0n) is 61.2. The number of halogens is 4. The minimum atomic E-state index is -4.76. The third-order valence-electron chi connectivity index (χ3n) is 23.5. The molecule has 0 unspecified atom stereocenters. The quantitative estimate of drug-likeness (QED) is 0.224. The standard InChI is InChI=1S/C73H110ClF3N12O12/c1-12-44(3)59-69(99)82(7)46(5)64(94)89-39-33-54(89)67(97)83(8)55(41-47-24-16-14-17-25-47)66(96)81(6)43-57(90)78-52(32-30-48-29-31-50(51(74)40-48)73(75,76)77)65(95)88-38-23-28-53(88)62(92)80-72(34-18-19-35-72)71(101)86(11)60(45(4)13-2)70(100)84(9)56(68(98)87-36-20-15-21-37-87)42-58(91)85(10)61(63(93)79-59)49-26-22-27-49/h29,31,40,44-47,49,52-56,59-61H,12-28,30,32-39,41-43H2,1-11H3,(H,78,90)(H,79,93)(H,80,92)/t44-,45-,46-,52-,53-,54-,55-,56-,59-,60-,61-/m0/s1. The normalized spacial score (nSPS) is 28.7. The number of benzene rings is 1. The molecule has 1 aromatic rings. The van der Waals surface area contributed by atoms with E-state index in [1.54, 1.807) is 18.7 Å². The molecule has 0 aromatic heterocycles. The number of nitrogens with one attached hydrogen (secondary N) is 3. The summed E-state index contributed by atoms with van der Waals surface area (Å²) >= 11 is 6.17. The lowest BCUT2D eigenvalue weighted by Crippen LogP contribution is -2.65. The SMILES string of the molecule is CC[C@H](C)[C@@H]1NC(=O)[C@H](C2CCC2)N(C)C(=O)C[C@@H](C(=O)N2CCCCC2)N(C)C(=O)[C@H]([C@@H](C)CC)N(C)C(=O)C2(CCCC2)NC(=O)[C@@H]2CCCN2C(=O)[C@H](CCc2ccc(C(F)(F)F)c(Cl)c2)NC(=O)CN(C)C(=O)[C@H](CC2CCCCC2)N(C)C(=O)[C@@H]2CCN2C(=O)[C@H](C)N(C)C1=O. The van der Waals surface area contributed by atoms with Crippen LogP contribution in [0.3, 0.4) is 0 Å². The Hall–Kier alpha value is -7.06. The minimum Gasteiger partial charge on any atom is -0.343 e. The Labute approximate surface area is 598 Å². The Bertz CT molecular complexity index is 3210. The zero-order chi connectivity index (χ0) is 74.1. The van der Waals surface area contributed by atoms with Crippen molar-refractivity contribution in [2.24, 2.45) is 23.7 Å². The van der Waals surface area contributed by atoms with E-state index in [-0.39, 0.29) is 69.9 Å². The Balaban J connectivity index is 1.17. The number of nitrogens with zero attached hydrogens (tertiary/aromatic N) is 9. The predicted octanol–water partition coefficient (Wildman–Crippen LogP) is 6.17. The number of rotatable bonds is 11. The van der Waals surface area contributed by atoms with Crippen molar-refractivity contribution in [3.05, 3.63) is 34.3 Å². The number of alkyl halides is 3. The summed E-state index contributed by atoms with van der Waals surface area (Å²) in [6, 6.07) is -7.67. The van der Waals surface area contributed by atoms with Gasteiger partial charge in [0.1, 0.15) is 59.9 Å². The van der Waals surface area contributed by atoms with E-state index in [1.165, 1.54) is 89.6 Å². The van der Waals surface area contributed by atoms with Crippen molar-refractivity contribution >= 4 is 82.5 Å². The van der Waals surface area contributed by atoms with Crippen LogP contribution in [0.15, 0.2) is 18.2 Å². The summed E-state index contributed by atoms with van der Waals surface area (Å²) in [5, 5.41) is 8.24. The molecule has 3 aliphatic carbocycles. The number of amides is 12. The molecule has 3 N–H and O–H groups in total. The van der Waals surface area contributed by atoms with Gasteiger partial charge in [-0.05, 0) is 132 Å². The first-order valence-electron chi connectivity index (χ1n) is 37.0. The van der Waals surface area contributed by atoms with Gasteiger partial charge < -0.3 is 60.0 Å². The van der Waals surface area contributed by atoms with Crippen molar-refractivity contribution in [1.29, 1.82) is 0 Å². The van der Waals surface area contributed by atoms with E-state index in [0.717, 1.165) is 62.0 Å². The highest BCUT2D eigenvalue weighted by molar-refractivity contribution is 6.31. The molecule has 11 atom stereocenters. The number of fused-ring (bicyclic) bond motifs is 2. The summed E-state index contributed by atoms with van der Waals surface area (Å²) in [4.78, 5) is 193. The Morgan fingerprint density at radius 3 is 1.84 bits per heavy atom. The Morgan fingerprint density at radius 1 is 0.624 bits per heavy atom. The Kier molecular flexibility index (Phi) is 27.2. The molecule has 24 nitrogen and oxygen atoms in total. The molecular weight excluding hydrogens is 1330 g/mol. The highest BCUT2D eigenvalue weighted by atomic mass is 35.5. The van der Waals surface area contributed by atoms with Gasteiger partial charge in [-0.2, -0.15) is 13.2 Å². The van der Waals surface area contributed by atoms with E-state index < -0.39 is 172 Å². The maximum absolute atomic E-state index is 15.6.